The minimum atomic E-state index is -3.74. The van der Waals surface area contributed by atoms with Crippen molar-refractivity contribution in [2.45, 2.75) is 288 Å². The zero-order valence-corrected chi connectivity index (χ0v) is 42.5. The maximum Gasteiger partial charge on any atom is 0.204 e. The van der Waals surface area contributed by atoms with E-state index in [9.17, 15) is 13.5 Å². The molecule has 2 aromatic carbocycles. The molecule has 2 atom stereocenters. The largest absolute Gasteiger partial charge is 0.382 e. The molecular formula is C58H101NO3S. The summed E-state index contributed by atoms with van der Waals surface area (Å²) in [7, 11) is -3.74. The number of nitrogens with one attached hydrogen (secondary N) is 1. The van der Waals surface area contributed by atoms with Crippen LogP contribution in [0.5, 0.6) is 0 Å². The Bertz CT molecular complexity index is 1420. The Morgan fingerprint density at radius 2 is 0.667 bits per heavy atom. The van der Waals surface area contributed by atoms with Crippen molar-refractivity contribution >= 4 is 27.7 Å². The van der Waals surface area contributed by atoms with Gasteiger partial charge in [0.05, 0.1) is 4.90 Å². The van der Waals surface area contributed by atoms with Crippen LogP contribution in [0.25, 0.3) is 12.2 Å². The fraction of sp³-hybridized carbons (Fsp3) is 0.759. The van der Waals surface area contributed by atoms with Crippen LogP contribution in [0.4, 0.5) is 5.69 Å². The predicted molar refractivity (Wildman–Crippen MR) is 280 cm³/mol. The van der Waals surface area contributed by atoms with Gasteiger partial charge in [-0.1, -0.05) is 282 Å². The van der Waals surface area contributed by atoms with Crippen molar-refractivity contribution in [2.75, 3.05) is 5.32 Å². The first-order chi connectivity index (χ1) is 30.9. The zero-order valence-electron chi connectivity index (χ0n) is 41.7. The Morgan fingerprint density at radius 1 is 0.397 bits per heavy atom. The molecular weight excluding hydrogens is 791 g/mol. The molecule has 2 rings (SSSR count). The molecule has 362 valence electrons. The molecule has 5 heteroatoms. The highest BCUT2D eigenvalue weighted by Gasteiger charge is 2.24. The van der Waals surface area contributed by atoms with E-state index in [1.54, 1.807) is 12.1 Å². The maximum absolute atomic E-state index is 12.9. The number of benzene rings is 2. The van der Waals surface area contributed by atoms with Crippen molar-refractivity contribution in [1.82, 2.24) is 0 Å². The summed E-state index contributed by atoms with van der Waals surface area (Å²) in [4.78, 5) is 0.189. The molecule has 0 radical (unpaired) electrons. The van der Waals surface area contributed by atoms with Crippen LogP contribution in [0.15, 0.2) is 53.4 Å². The first kappa shape index (κ1) is 57.0. The van der Waals surface area contributed by atoms with Gasteiger partial charge in [0, 0.05) is 11.7 Å². The number of aliphatic hydroxyl groups excluding tert-OH is 1. The van der Waals surface area contributed by atoms with Crippen LogP contribution < -0.4 is 5.32 Å². The molecule has 0 saturated carbocycles. The van der Waals surface area contributed by atoms with E-state index in [0.29, 0.717) is 12.5 Å². The fourth-order valence-electron chi connectivity index (χ4n) is 9.11. The maximum atomic E-state index is 12.9. The number of hydrogen-bond donors (Lipinski definition) is 2. The van der Waals surface area contributed by atoms with Gasteiger partial charge in [-0.2, -0.15) is 0 Å². The minimum Gasteiger partial charge on any atom is -0.382 e. The van der Waals surface area contributed by atoms with E-state index in [-0.39, 0.29) is 4.90 Å². The normalized spacial score (nSPS) is 13.0. The van der Waals surface area contributed by atoms with Crippen LogP contribution in [0, 0.1) is 0 Å². The summed E-state index contributed by atoms with van der Waals surface area (Å²) in [5.74, 6) is 0. The molecule has 4 nitrogen and oxygen atoms in total. The van der Waals surface area contributed by atoms with E-state index in [1.807, 2.05) is 18.2 Å². The van der Waals surface area contributed by atoms with E-state index >= 15 is 0 Å². The second-order valence-electron chi connectivity index (χ2n) is 19.4. The van der Waals surface area contributed by atoms with Crippen molar-refractivity contribution in [2.24, 2.45) is 0 Å². The van der Waals surface area contributed by atoms with Gasteiger partial charge in [0.15, 0.2) is 5.44 Å². The van der Waals surface area contributed by atoms with E-state index in [2.05, 4.69) is 56.4 Å². The van der Waals surface area contributed by atoms with Gasteiger partial charge in [-0.3, -0.25) is 0 Å². The highest BCUT2D eigenvalue weighted by atomic mass is 32.2. The van der Waals surface area contributed by atoms with Crippen molar-refractivity contribution in [3.05, 3.63) is 59.7 Å². The Balaban J connectivity index is 1.76. The highest BCUT2D eigenvalue weighted by Crippen LogP contribution is 2.23. The molecule has 0 aliphatic carbocycles. The number of anilines is 1. The third-order valence-electron chi connectivity index (χ3n) is 13.4. The van der Waals surface area contributed by atoms with Crippen molar-refractivity contribution in [3.8, 4) is 0 Å². The topological polar surface area (TPSA) is 66.4 Å². The van der Waals surface area contributed by atoms with Crippen LogP contribution >= 0.6 is 0 Å². The van der Waals surface area contributed by atoms with E-state index in [1.165, 1.54) is 218 Å². The van der Waals surface area contributed by atoms with Gasteiger partial charge in [0.2, 0.25) is 9.84 Å². The second-order valence-corrected chi connectivity index (χ2v) is 21.5. The van der Waals surface area contributed by atoms with E-state index in [4.69, 9.17) is 0 Å². The molecule has 2 aromatic rings. The predicted octanol–water partition coefficient (Wildman–Crippen LogP) is 19.0. The lowest BCUT2D eigenvalue weighted by Crippen LogP contribution is -2.20. The van der Waals surface area contributed by atoms with Crippen molar-refractivity contribution in [1.29, 1.82) is 0 Å². The average Bonchev–Trinajstić information content (AvgIpc) is 3.29. The van der Waals surface area contributed by atoms with Gasteiger partial charge in [0.1, 0.15) is 0 Å². The van der Waals surface area contributed by atoms with Gasteiger partial charge in [-0.15, -0.1) is 0 Å². The van der Waals surface area contributed by atoms with E-state index in [0.717, 1.165) is 43.2 Å². The molecule has 0 aromatic heterocycles. The second kappa shape index (κ2) is 40.2. The molecule has 0 aliphatic rings. The standard InChI is InChI=1S/C58H101NO3S/c1-4-7-10-13-15-17-19-21-23-25-27-29-31-33-36-38-41-55(40-37-35-32-30-28-26-24-22-20-18-16-14-11-8-5-2)59-56-49-45-53(46-50-56)43-44-54-47-51-57(52-48-54)63(61,62)58(60)42-39-34-12-9-6-3/h43-52,55,58-60H,4-42H2,1-3H3. The van der Waals surface area contributed by atoms with Gasteiger partial charge in [-0.25, -0.2) is 8.42 Å². The summed E-state index contributed by atoms with van der Waals surface area (Å²) in [6.45, 7) is 6.76. The Morgan fingerprint density at radius 3 is 0.984 bits per heavy atom. The number of rotatable bonds is 45. The zero-order chi connectivity index (χ0) is 45.3. The first-order valence-corrected chi connectivity index (χ1v) is 29.0. The molecule has 0 saturated heterocycles. The van der Waals surface area contributed by atoms with Gasteiger partial charge < -0.3 is 10.4 Å². The third-order valence-corrected chi connectivity index (χ3v) is 15.3. The van der Waals surface area contributed by atoms with Crippen molar-refractivity contribution < 1.29 is 13.5 Å². The van der Waals surface area contributed by atoms with Crippen LogP contribution in [0.2, 0.25) is 0 Å². The summed E-state index contributed by atoms with van der Waals surface area (Å²) in [6, 6.07) is 16.2. The van der Waals surface area contributed by atoms with Gasteiger partial charge in [0.25, 0.3) is 0 Å². The van der Waals surface area contributed by atoms with Crippen molar-refractivity contribution in [3.63, 3.8) is 0 Å². The summed E-state index contributed by atoms with van der Waals surface area (Å²) in [6.07, 6.45) is 55.6. The Kier molecular flexibility index (Phi) is 36.4. The smallest absolute Gasteiger partial charge is 0.204 e. The molecule has 2 N–H and O–H groups in total. The molecule has 63 heavy (non-hydrogen) atoms. The summed E-state index contributed by atoms with van der Waals surface area (Å²) >= 11 is 0. The highest BCUT2D eigenvalue weighted by molar-refractivity contribution is 7.91. The molecule has 0 bridgehead atoms. The minimum absolute atomic E-state index is 0.189. The average molecular weight is 893 g/mol. The van der Waals surface area contributed by atoms with Crippen LogP contribution in [-0.4, -0.2) is 25.0 Å². The fourth-order valence-corrected chi connectivity index (χ4v) is 10.4. The Labute approximate surface area is 392 Å². The lowest BCUT2D eigenvalue weighted by atomic mass is 9.99. The molecule has 0 heterocycles. The SMILES string of the molecule is CCCCCCCCCCCCCCCCCCC(CCCCCCCCCCCCCCCCC)Nc1ccc(C=Cc2ccc(S(=O)(=O)C(O)CCCCCCC)cc2)cc1. The monoisotopic (exact) mass is 892 g/mol. The number of hydrogen-bond acceptors (Lipinski definition) is 4. The molecule has 0 aliphatic heterocycles. The van der Waals surface area contributed by atoms with E-state index < -0.39 is 15.3 Å². The number of unbranched alkanes of at least 4 members (excludes halogenated alkanes) is 33. The lowest BCUT2D eigenvalue weighted by molar-refractivity contribution is 0.233. The quantitative estimate of drug-likeness (QED) is 0.0513. The summed E-state index contributed by atoms with van der Waals surface area (Å²) < 4.78 is 25.9. The number of sulfone groups is 1. The molecule has 0 fully saturated rings. The molecule has 0 amide bonds. The Hall–Kier alpha value is -2.11. The van der Waals surface area contributed by atoms with Crippen LogP contribution in [-0.2, 0) is 9.84 Å². The summed E-state index contributed by atoms with van der Waals surface area (Å²) in [5.41, 5.74) is 1.92. The third kappa shape index (κ3) is 30.7. The molecule has 0 spiro atoms. The summed E-state index contributed by atoms with van der Waals surface area (Å²) in [5, 5.41) is 14.4. The van der Waals surface area contributed by atoms with Crippen LogP contribution in [0.3, 0.4) is 0 Å². The number of aliphatic hydroxyl groups is 1. The van der Waals surface area contributed by atoms with Gasteiger partial charge in [-0.05, 0) is 61.1 Å². The lowest BCUT2D eigenvalue weighted by Gasteiger charge is -2.20. The molecule has 2 unspecified atom stereocenters. The first-order valence-electron chi connectivity index (χ1n) is 27.5. The van der Waals surface area contributed by atoms with Crippen LogP contribution in [0.1, 0.15) is 282 Å². The van der Waals surface area contributed by atoms with Gasteiger partial charge >= 0.3 is 0 Å².